The van der Waals surface area contributed by atoms with Crippen molar-refractivity contribution in [2.75, 3.05) is 14.2 Å². The van der Waals surface area contributed by atoms with Crippen LogP contribution in [0.4, 0.5) is 0 Å². The first-order chi connectivity index (χ1) is 8.56. The molecule has 0 unspecified atom stereocenters. The fourth-order valence-corrected chi connectivity index (χ4v) is 1.35. The van der Waals surface area contributed by atoms with Crippen molar-refractivity contribution >= 4 is 5.97 Å². The molecule has 0 aliphatic carbocycles. The van der Waals surface area contributed by atoms with Gasteiger partial charge in [-0.15, -0.1) is 0 Å². The van der Waals surface area contributed by atoms with Gasteiger partial charge in [-0.2, -0.15) is 0 Å². The third kappa shape index (κ3) is 4.01. The molecule has 0 atom stereocenters. The highest BCUT2D eigenvalue weighted by Crippen LogP contribution is 2.27. The zero-order valence-electron chi connectivity index (χ0n) is 10.7. The highest BCUT2D eigenvalue weighted by Gasteiger charge is 2.06. The van der Waals surface area contributed by atoms with E-state index in [9.17, 15) is 4.79 Å². The van der Waals surface area contributed by atoms with E-state index in [1.807, 2.05) is 0 Å². The molecule has 1 rings (SSSR count). The van der Waals surface area contributed by atoms with E-state index < -0.39 is 5.97 Å². The zero-order valence-corrected chi connectivity index (χ0v) is 10.7. The molecule has 0 aromatic heterocycles. The van der Waals surface area contributed by atoms with Crippen LogP contribution in [0.25, 0.3) is 0 Å². The largest absolute Gasteiger partial charge is 0.493 e. The lowest BCUT2D eigenvalue weighted by atomic mass is 10.2. The summed E-state index contributed by atoms with van der Waals surface area (Å²) in [5, 5.41) is 0. The Hall–Kier alpha value is -2.17. The third-order valence-corrected chi connectivity index (χ3v) is 2.17. The maximum absolute atomic E-state index is 11.3. The molecular weight excluding hydrogens is 234 g/mol. The predicted octanol–water partition coefficient (Wildman–Crippen LogP) is 1.61. The summed E-state index contributed by atoms with van der Waals surface area (Å²) in [6.07, 6.45) is 1.24. The van der Waals surface area contributed by atoms with E-state index in [1.54, 1.807) is 39.3 Å². The van der Waals surface area contributed by atoms with E-state index in [1.165, 1.54) is 6.08 Å². The summed E-state index contributed by atoms with van der Waals surface area (Å²) >= 11 is 0. The van der Waals surface area contributed by atoms with Crippen molar-refractivity contribution in [2.45, 2.75) is 13.5 Å². The monoisotopic (exact) mass is 251 g/mol. The maximum Gasteiger partial charge on any atom is 0.332 e. The standard InChI is InChI=1S/C13H17NO4/c1-9(14)6-13(15)18-8-10-4-5-11(16-2)12(7-10)17-3/h4-7H,8,14H2,1-3H3. The summed E-state index contributed by atoms with van der Waals surface area (Å²) in [7, 11) is 3.11. The van der Waals surface area contributed by atoms with Crippen molar-refractivity contribution in [1.82, 2.24) is 0 Å². The van der Waals surface area contributed by atoms with Gasteiger partial charge in [0, 0.05) is 11.8 Å². The van der Waals surface area contributed by atoms with Gasteiger partial charge in [-0.05, 0) is 24.6 Å². The highest BCUT2D eigenvalue weighted by atomic mass is 16.5. The van der Waals surface area contributed by atoms with E-state index >= 15 is 0 Å². The minimum atomic E-state index is -0.468. The quantitative estimate of drug-likeness (QED) is 0.636. The van der Waals surface area contributed by atoms with Crippen molar-refractivity contribution < 1.29 is 19.0 Å². The number of carbonyl (C=O) groups excluding carboxylic acids is 1. The smallest absolute Gasteiger partial charge is 0.332 e. The molecule has 18 heavy (non-hydrogen) atoms. The Morgan fingerprint density at radius 3 is 2.50 bits per heavy atom. The lowest BCUT2D eigenvalue weighted by Gasteiger charge is -2.09. The Morgan fingerprint density at radius 2 is 1.94 bits per heavy atom. The highest BCUT2D eigenvalue weighted by molar-refractivity contribution is 5.82. The van der Waals surface area contributed by atoms with Gasteiger partial charge in [-0.25, -0.2) is 4.79 Å². The molecule has 1 aromatic carbocycles. The molecule has 0 amide bonds. The summed E-state index contributed by atoms with van der Waals surface area (Å²) in [4.78, 5) is 11.3. The number of benzene rings is 1. The Morgan fingerprint density at radius 1 is 1.28 bits per heavy atom. The lowest BCUT2D eigenvalue weighted by molar-refractivity contribution is -0.139. The maximum atomic E-state index is 11.3. The number of esters is 1. The van der Waals surface area contributed by atoms with Crippen LogP contribution < -0.4 is 15.2 Å². The van der Waals surface area contributed by atoms with Crippen LogP contribution in [0.3, 0.4) is 0 Å². The van der Waals surface area contributed by atoms with Gasteiger partial charge in [0.2, 0.25) is 0 Å². The third-order valence-electron chi connectivity index (χ3n) is 2.17. The number of ether oxygens (including phenoxy) is 3. The molecule has 0 spiro atoms. The van der Waals surface area contributed by atoms with Gasteiger partial charge in [-0.3, -0.25) is 0 Å². The van der Waals surface area contributed by atoms with Crippen LogP contribution in [0.15, 0.2) is 30.0 Å². The van der Waals surface area contributed by atoms with Crippen LogP contribution in [0.2, 0.25) is 0 Å². The molecule has 0 saturated carbocycles. The molecular formula is C13H17NO4. The van der Waals surface area contributed by atoms with Crippen LogP contribution >= 0.6 is 0 Å². The van der Waals surface area contributed by atoms with Crippen LogP contribution in [0, 0.1) is 0 Å². The number of nitrogens with two attached hydrogens (primary N) is 1. The first kappa shape index (κ1) is 13.9. The van der Waals surface area contributed by atoms with Gasteiger partial charge in [-0.1, -0.05) is 6.07 Å². The van der Waals surface area contributed by atoms with Crippen molar-refractivity contribution in [1.29, 1.82) is 0 Å². The molecule has 2 N–H and O–H groups in total. The topological polar surface area (TPSA) is 70.8 Å². The van der Waals surface area contributed by atoms with Crippen molar-refractivity contribution in [2.24, 2.45) is 5.73 Å². The van der Waals surface area contributed by atoms with E-state index in [4.69, 9.17) is 19.9 Å². The summed E-state index contributed by atoms with van der Waals surface area (Å²) in [5.74, 6) is 0.756. The van der Waals surface area contributed by atoms with Crippen LogP contribution in [0.5, 0.6) is 11.5 Å². The minimum absolute atomic E-state index is 0.156. The van der Waals surface area contributed by atoms with Crippen LogP contribution in [-0.4, -0.2) is 20.2 Å². The summed E-state index contributed by atoms with van der Waals surface area (Å²) in [6.45, 7) is 1.78. The Labute approximate surface area is 106 Å². The average Bonchev–Trinajstić information content (AvgIpc) is 2.35. The second-order valence-corrected chi connectivity index (χ2v) is 3.69. The molecule has 1 aromatic rings. The first-order valence-electron chi connectivity index (χ1n) is 5.38. The van der Waals surface area contributed by atoms with Gasteiger partial charge in [0.1, 0.15) is 6.61 Å². The number of allylic oxidation sites excluding steroid dienone is 1. The fourth-order valence-electron chi connectivity index (χ4n) is 1.35. The molecule has 5 nitrogen and oxygen atoms in total. The zero-order chi connectivity index (χ0) is 13.5. The van der Waals surface area contributed by atoms with Crippen LogP contribution in [-0.2, 0) is 16.1 Å². The van der Waals surface area contributed by atoms with E-state index in [0.29, 0.717) is 17.2 Å². The Bertz CT molecular complexity index is 450. The van der Waals surface area contributed by atoms with Gasteiger partial charge in [0.15, 0.2) is 11.5 Å². The van der Waals surface area contributed by atoms with E-state index in [0.717, 1.165) is 5.56 Å². The normalized spacial score (nSPS) is 10.9. The van der Waals surface area contributed by atoms with Crippen molar-refractivity contribution in [3.63, 3.8) is 0 Å². The summed E-state index contributed by atoms with van der Waals surface area (Å²) in [6, 6.07) is 5.31. The molecule has 5 heteroatoms. The predicted molar refractivity (Wildman–Crippen MR) is 67.3 cm³/mol. The number of methoxy groups -OCH3 is 2. The summed E-state index contributed by atoms with van der Waals surface area (Å²) in [5.41, 5.74) is 6.59. The number of hydrogen-bond donors (Lipinski definition) is 1. The average molecular weight is 251 g/mol. The van der Waals surface area contributed by atoms with Gasteiger partial charge < -0.3 is 19.9 Å². The molecule has 0 aliphatic heterocycles. The molecule has 0 bridgehead atoms. The summed E-state index contributed by atoms with van der Waals surface area (Å²) < 4.78 is 15.3. The second kappa shape index (κ2) is 6.54. The van der Waals surface area contributed by atoms with Crippen molar-refractivity contribution in [3.05, 3.63) is 35.5 Å². The molecule has 0 aliphatic rings. The van der Waals surface area contributed by atoms with Gasteiger partial charge in [0.05, 0.1) is 14.2 Å². The van der Waals surface area contributed by atoms with Gasteiger partial charge >= 0.3 is 5.97 Å². The second-order valence-electron chi connectivity index (χ2n) is 3.69. The number of hydrogen-bond acceptors (Lipinski definition) is 5. The first-order valence-corrected chi connectivity index (χ1v) is 5.38. The Balaban J connectivity index is 2.69. The van der Waals surface area contributed by atoms with Crippen molar-refractivity contribution in [3.8, 4) is 11.5 Å². The van der Waals surface area contributed by atoms with Gasteiger partial charge in [0.25, 0.3) is 0 Å². The fraction of sp³-hybridized carbons (Fsp3) is 0.308. The molecule has 0 fully saturated rings. The minimum Gasteiger partial charge on any atom is -0.493 e. The molecule has 0 heterocycles. The lowest BCUT2D eigenvalue weighted by Crippen LogP contribution is -2.04. The Kier molecular flexibility index (Phi) is 5.05. The van der Waals surface area contributed by atoms with E-state index in [2.05, 4.69) is 0 Å². The molecule has 98 valence electrons. The van der Waals surface area contributed by atoms with E-state index in [-0.39, 0.29) is 6.61 Å². The molecule has 0 radical (unpaired) electrons. The number of carbonyl (C=O) groups is 1. The molecule has 0 saturated heterocycles. The number of rotatable bonds is 5. The SMILES string of the molecule is COc1ccc(COC(=O)C=C(C)N)cc1OC. The van der Waals surface area contributed by atoms with Crippen LogP contribution in [0.1, 0.15) is 12.5 Å².